The molecule has 0 bridgehead atoms. The molecule has 154 valence electrons. The number of nitrogens with zero attached hydrogens (tertiary/aromatic N) is 2. The summed E-state index contributed by atoms with van der Waals surface area (Å²) in [6.07, 6.45) is 7.74. The van der Waals surface area contributed by atoms with Crippen LogP contribution in [0.15, 0.2) is 4.99 Å². The molecular weight excluding hydrogens is 443 g/mol. The first-order valence-electron chi connectivity index (χ1n) is 10.1. The van der Waals surface area contributed by atoms with E-state index in [2.05, 4.69) is 27.4 Å². The van der Waals surface area contributed by atoms with Gasteiger partial charge in [0.05, 0.1) is 12.7 Å². The predicted molar refractivity (Wildman–Crippen MR) is 119 cm³/mol. The maximum Gasteiger partial charge on any atom is 0.190 e. The number of hydrogen-bond acceptors (Lipinski definition) is 4. The molecule has 0 aliphatic carbocycles. The Morgan fingerprint density at radius 1 is 1.23 bits per heavy atom. The van der Waals surface area contributed by atoms with Crippen LogP contribution in [0.1, 0.15) is 45.4 Å². The van der Waals surface area contributed by atoms with Gasteiger partial charge in [0, 0.05) is 39.9 Å². The molecule has 2 N–H and O–H groups in total. The molecule has 2 saturated heterocycles. The van der Waals surface area contributed by atoms with Crippen molar-refractivity contribution < 1.29 is 9.47 Å². The second kappa shape index (κ2) is 14.9. The Kier molecular flexibility index (Phi) is 13.7. The minimum atomic E-state index is 0. The van der Waals surface area contributed by atoms with E-state index in [-0.39, 0.29) is 24.0 Å². The molecule has 2 heterocycles. The monoisotopic (exact) mass is 482 g/mol. The molecule has 0 spiro atoms. The molecule has 0 aromatic heterocycles. The SMILES string of the molecule is CN=C(NCCCOCC1CCCO1)NCC(C)CN1CCCCC1.I. The Bertz CT molecular complexity index is 373. The second-order valence-corrected chi connectivity index (χ2v) is 7.41. The fourth-order valence-electron chi connectivity index (χ4n) is 3.51. The summed E-state index contributed by atoms with van der Waals surface area (Å²) in [6.45, 7) is 10.3. The summed E-state index contributed by atoms with van der Waals surface area (Å²) in [6, 6.07) is 0. The van der Waals surface area contributed by atoms with Gasteiger partial charge < -0.3 is 25.0 Å². The number of ether oxygens (including phenoxy) is 2. The summed E-state index contributed by atoms with van der Waals surface area (Å²) in [5, 5.41) is 6.82. The molecule has 6 nitrogen and oxygen atoms in total. The third kappa shape index (κ3) is 10.3. The average molecular weight is 482 g/mol. The van der Waals surface area contributed by atoms with E-state index >= 15 is 0 Å². The largest absolute Gasteiger partial charge is 0.379 e. The van der Waals surface area contributed by atoms with Crippen LogP contribution < -0.4 is 10.6 Å². The highest BCUT2D eigenvalue weighted by molar-refractivity contribution is 14.0. The van der Waals surface area contributed by atoms with E-state index in [9.17, 15) is 0 Å². The normalized spacial score (nSPS) is 22.7. The van der Waals surface area contributed by atoms with Crippen LogP contribution in [0.25, 0.3) is 0 Å². The molecule has 0 radical (unpaired) electrons. The van der Waals surface area contributed by atoms with Crippen molar-refractivity contribution in [3.8, 4) is 0 Å². The number of halogens is 1. The molecular formula is C19H39IN4O2. The van der Waals surface area contributed by atoms with Crippen molar-refractivity contribution in [1.82, 2.24) is 15.5 Å². The Morgan fingerprint density at radius 2 is 2.04 bits per heavy atom. The van der Waals surface area contributed by atoms with Gasteiger partial charge in [-0.25, -0.2) is 0 Å². The number of guanidine groups is 1. The van der Waals surface area contributed by atoms with Crippen LogP contribution in [-0.4, -0.2) is 76.6 Å². The smallest absolute Gasteiger partial charge is 0.190 e. The van der Waals surface area contributed by atoms with Crippen LogP contribution in [0.4, 0.5) is 0 Å². The quantitative estimate of drug-likeness (QED) is 0.217. The van der Waals surface area contributed by atoms with Crippen molar-refractivity contribution in [3.05, 3.63) is 0 Å². The maximum absolute atomic E-state index is 5.68. The zero-order valence-electron chi connectivity index (χ0n) is 16.7. The summed E-state index contributed by atoms with van der Waals surface area (Å²) in [5.74, 6) is 1.52. The van der Waals surface area contributed by atoms with Gasteiger partial charge in [-0.2, -0.15) is 0 Å². The fraction of sp³-hybridized carbons (Fsp3) is 0.947. The van der Waals surface area contributed by atoms with Crippen LogP contribution >= 0.6 is 24.0 Å². The third-order valence-corrected chi connectivity index (χ3v) is 4.95. The zero-order chi connectivity index (χ0) is 17.7. The van der Waals surface area contributed by atoms with Crippen molar-refractivity contribution in [1.29, 1.82) is 0 Å². The molecule has 2 atom stereocenters. The topological polar surface area (TPSA) is 58.1 Å². The standard InChI is InChI=1S/C19H38N4O2.HI/c1-17(15-23-10-4-3-5-11-23)14-22-19(20-2)21-9-7-12-24-16-18-8-6-13-25-18;/h17-18H,3-16H2,1-2H3,(H2,20,21,22);1H. The van der Waals surface area contributed by atoms with Crippen molar-refractivity contribution in [3.63, 3.8) is 0 Å². The fourth-order valence-corrected chi connectivity index (χ4v) is 3.51. The Hall–Kier alpha value is -0.120. The molecule has 2 aliphatic rings. The number of likely N-dealkylation sites (tertiary alicyclic amines) is 1. The van der Waals surface area contributed by atoms with Gasteiger partial charge in [0.15, 0.2) is 5.96 Å². The van der Waals surface area contributed by atoms with Crippen molar-refractivity contribution in [2.24, 2.45) is 10.9 Å². The average Bonchev–Trinajstić information content (AvgIpc) is 3.15. The molecule has 26 heavy (non-hydrogen) atoms. The molecule has 0 aromatic carbocycles. The van der Waals surface area contributed by atoms with E-state index in [1.807, 2.05) is 7.05 Å². The molecule has 2 aliphatic heterocycles. The van der Waals surface area contributed by atoms with E-state index in [1.54, 1.807) is 0 Å². The number of piperidine rings is 1. The van der Waals surface area contributed by atoms with Gasteiger partial charge in [-0.05, 0) is 51.1 Å². The third-order valence-electron chi connectivity index (χ3n) is 4.95. The lowest BCUT2D eigenvalue weighted by Crippen LogP contribution is -2.42. The van der Waals surface area contributed by atoms with Crippen LogP contribution in [0.2, 0.25) is 0 Å². The van der Waals surface area contributed by atoms with E-state index in [0.717, 1.165) is 51.7 Å². The Morgan fingerprint density at radius 3 is 2.73 bits per heavy atom. The first-order valence-corrected chi connectivity index (χ1v) is 10.1. The molecule has 7 heteroatoms. The van der Waals surface area contributed by atoms with E-state index in [0.29, 0.717) is 12.0 Å². The predicted octanol–water partition coefficient (Wildman–Crippen LogP) is 2.48. The van der Waals surface area contributed by atoms with Crippen molar-refractivity contribution in [2.75, 3.05) is 59.6 Å². The maximum atomic E-state index is 5.68. The zero-order valence-corrected chi connectivity index (χ0v) is 19.0. The molecule has 2 unspecified atom stereocenters. The van der Waals surface area contributed by atoms with Gasteiger partial charge in [-0.3, -0.25) is 4.99 Å². The first kappa shape index (κ1) is 23.9. The molecule has 2 fully saturated rings. The van der Waals surface area contributed by atoms with Crippen molar-refractivity contribution >= 4 is 29.9 Å². The highest BCUT2D eigenvalue weighted by Crippen LogP contribution is 2.12. The summed E-state index contributed by atoms with van der Waals surface area (Å²) in [7, 11) is 1.83. The van der Waals surface area contributed by atoms with Gasteiger partial charge in [-0.15, -0.1) is 24.0 Å². The van der Waals surface area contributed by atoms with Crippen LogP contribution in [-0.2, 0) is 9.47 Å². The van der Waals surface area contributed by atoms with Crippen molar-refractivity contribution in [2.45, 2.75) is 51.6 Å². The molecule has 0 saturated carbocycles. The summed E-state index contributed by atoms with van der Waals surface area (Å²) in [5.41, 5.74) is 0. The van der Waals surface area contributed by atoms with Gasteiger partial charge >= 0.3 is 0 Å². The lowest BCUT2D eigenvalue weighted by atomic mass is 10.1. The summed E-state index contributed by atoms with van der Waals surface area (Å²) < 4.78 is 11.2. The lowest BCUT2D eigenvalue weighted by Gasteiger charge is -2.29. The second-order valence-electron chi connectivity index (χ2n) is 7.41. The molecule has 0 amide bonds. The molecule has 2 rings (SSSR count). The number of hydrogen-bond donors (Lipinski definition) is 2. The van der Waals surface area contributed by atoms with Crippen LogP contribution in [0, 0.1) is 5.92 Å². The first-order chi connectivity index (χ1) is 12.3. The number of nitrogens with one attached hydrogen (secondary N) is 2. The van der Waals surface area contributed by atoms with Gasteiger partial charge in [0.1, 0.15) is 0 Å². The van der Waals surface area contributed by atoms with Crippen LogP contribution in [0.5, 0.6) is 0 Å². The van der Waals surface area contributed by atoms with Gasteiger partial charge in [-0.1, -0.05) is 13.3 Å². The highest BCUT2D eigenvalue weighted by atomic mass is 127. The van der Waals surface area contributed by atoms with E-state index < -0.39 is 0 Å². The minimum absolute atomic E-state index is 0. The Balaban J connectivity index is 0.00000338. The van der Waals surface area contributed by atoms with Gasteiger partial charge in [0.2, 0.25) is 0 Å². The van der Waals surface area contributed by atoms with E-state index in [4.69, 9.17) is 9.47 Å². The summed E-state index contributed by atoms with van der Waals surface area (Å²) in [4.78, 5) is 6.90. The van der Waals surface area contributed by atoms with E-state index in [1.165, 1.54) is 45.3 Å². The van der Waals surface area contributed by atoms with Crippen LogP contribution in [0.3, 0.4) is 0 Å². The number of aliphatic imine (C=N–C) groups is 1. The Labute approximate surface area is 176 Å². The highest BCUT2D eigenvalue weighted by Gasteiger charge is 2.15. The summed E-state index contributed by atoms with van der Waals surface area (Å²) >= 11 is 0. The lowest BCUT2D eigenvalue weighted by molar-refractivity contribution is 0.0168. The van der Waals surface area contributed by atoms with Gasteiger partial charge in [0.25, 0.3) is 0 Å². The number of rotatable bonds is 10. The molecule has 0 aromatic rings. The minimum Gasteiger partial charge on any atom is -0.379 e.